The molecule has 2 heterocycles. The predicted octanol–water partition coefficient (Wildman–Crippen LogP) is 4.89. The monoisotopic (exact) mass is 361 g/mol. The third-order valence-corrected chi connectivity index (χ3v) is 5.87. The minimum atomic E-state index is 0.486. The topological polar surface area (TPSA) is 30.9 Å². The minimum Gasteiger partial charge on any atom is -0.493 e. The Bertz CT molecular complexity index is 672. The molecule has 1 atom stereocenters. The molecule has 5 heteroatoms. The number of hydrogen-bond donors (Lipinski definition) is 0. The van der Waals surface area contributed by atoms with Gasteiger partial charge in [0.25, 0.3) is 0 Å². The van der Waals surface area contributed by atoms with Crippen molar-refractivity contribution in [2.75, 3.05) is 27.9 Å². The van der Waals surface area contributed by atoms with Crippen molar-refractivity contribution < 1.29 is 14.2 Å². The quantitative estimate of drug-likeness (QED) is 0.733. The first kappa shape index (κ1) is 18.1. The smallest absolute Gasteiger partial charge is 0.203 e. The fraction of sp³-hybridized carbons (Fsp3) is 0.500. The number of ether oxygens (including phenoxy) is 3. The van der Waals surface area contributed by atoms with Crippen molar-refractivity contribution in [3.63, 3.8) is 0 Å². The van der Waals surface area contributed by atoms with E-state index in [1.807, 2.05) is 17.4 Å². The molecule has 0 bridgehead atoms. The molecule has 0 unspecified atom stereocenters. The number of thiophene rings is 1. The Balaban J connectivity index is 1.91. The van der Waals surface area contributed by atoms with Gasteiger partial charge in [-0.15, -0.1) is 11.3 Å². The zero-order valence-corrected chi connectivity index (χ0v) is 16.1. The summed E-state index contributed by atoms with van der Waals surface area (Å²) in [5, 5.41) is 2.18. The molecule has 1 saturated heterocycles. The van der Waals surface area contributed by atoms with Gasteiger partial charge >= 0.3 is 0 Å². The largest absolute Gasteiger partial charge is 0.493 e. The third-order valence-electron chi connectivity index (χ3n) is 4.89. The molecule has 0 aliphatic carbocycles. The number of benzene rings is 1. The van der Waals surface area contributed by atoms with Crippen molar-refractivity contribution in [2.45, 2.75) is 38.3 Å². The second-order valence-corrected chi connectivity index (χ2v) is 7.32. The molecule has 0 amide bonds. The van der Waals surface area contributed by atoms with E-state index in [0.29, 0.717) is 17.5 Å². The molecule has 1 aromatic carbocycles. The summed E-state index contributed by atoms with van der Waals surface area (Å²) in [5.41, 5.74) is 1.14. The average Bonchev–Trinajstić information content (AvgIpc) is 3.08. The van der Waals surface area contributed by atoms with Crippen LogP contribution in [0.3, 0.4) is 0 Å². The SMILES string of the molecule is COc1ccc(CN2CCCCC[C@H]2c2cccs2)c(OC)c1OC. The Kier molecular flexibility index (Phi) is 6.21. The van der Waals surface area contributed by atoms with Crippen LogP contribution in [0.15, 0.2) is 29.6 Å². The highest BCUT2D eigenvalue weighted by atomic mass is 32.1. The molecule has 0 saturated carbocycles. The van der Waals surface area contributed by atoms with Crippen LogP contribution in [-0.4, -0.2) is 32.8 Å². The lowest BCUT2D eigenvalue weighted by molar-refractivity contribution is 0.192. The first-order valence-corrected chi connectivity index (χ1v) is 9.71. The van der Waals surface area contributed by atoms with Gasteiger partial charge < -0.3 is 14.2 Å². The molecule has 0 radical (unpaired) electrons. The van der Waals surface area contributed by atoms with Crippen LogP contribution >= 0.6 is 11.3 Å². The fourth-order valence-corrected chi connectivity index (χ4v) is 4.56. The number of hydrogen-bond acceptors (Lipinski definition) is 5. The van der Waals surface area contributed by atoms with E-state index in [-0.39, 0.29) is 0 Å². The summed E-state index contributed by atoms with van der Waals surface area (Å²) in [6, 6.07) is 8.96. The van der Waals surface area contributed by atoms with Gasteiger partial charge in [-0.1, -0.05) is 25.0 Å². The van der Waals surface area contributed by atoms with Gasteiger partial charge in [0.15, 0.2) is 11.5 Å². The van der Waals surface area contributed by atoms with Crippen LogP contribution in [0.25, 0.3) is 0 Å². The molecule has 136 valence electrons. The van der Waals surface area contributed by atoms with Crippen molar-refractivity contribution in [3.05, 3.63) is 40.1 Å². The molecule has 0 spiro atoms. The first-order valence-electron chi connectivity index (χ1n) is 8.83. The Morgan fingerprint density at radius 3 is 2.52 bits per heavy atom. The number of methoxy groups -OCH3 is 3. The van der Waals surface area contributed by atoms with E-state index in [2.05, 4.69) is 28.5 Å². The van der Waals surface area contributed by atoms with Crippen LogP contribution < -0.4 is 14.2 Å². The van der Waals surface area contributed by atoms with E-state index >= 15 is 0 Å². The van der Waals surface area contributed by atoms with Crippen LogP contribution in [0.1, 0.15) is 42.2 Å². The fourth-order valence-electron chi connectivity index (χ4n) is 3.67. The van der Waals surface area contributed by atoms with Gasteiger partial charge in [0.05, 0.1) is 21.3 Å². The Morgan fingerprint density at radius 2 is 1.84 bits per heavy atom. The standard InChI is InChI=1S/C20H27NO3S/c1-22-17-11-10-15(19(23-2)20(17)24-3)14-21-12-6-4-5-8-16(21)18-9-7-13-25-18/h7,9-11,13,16H,4-6,8,12,14H2,1-3H3/t16-/m0/s1. The van der Waals surface area contributed by atoms with Crippen LogP contribution in [0.4, 0.5) is 0 Å². The number of likely N-dealkylation sites (tertiary alicyclic amines) is 1. The van der Waals surface area contributed by atoms with Crippen molar-refractivity contribution in [1.82, 2.24) is 4.90 Å². The number of rotatable bonds is 6. The molecule has 1 aliphatic rings. The molecule has 2 aromatic rings. The van der Waals surface area contributed by atoms with E-state index in [1.54, 1.807) is 21.3 Å². The first-order chi connectivity index (χ1) is 12.3. The molecule has 25 heavy (non-hydrogen) atoms. The highest BCUT2D eigenvalue weighted by Crippen LogP contribution is 2.42. The maximum atomic E-state index is 5.68. The molecule has 3 rings (SSSR count). The van der Waals surface area contributed by atoms with Gasteiger partial charge in [-0.2, -0.15) is 0 Å². The molecule has 0 N–H and O–H groups in total. The van der Waals surface area contributed by atoms with Crippen LogP contribution in [0.2, 0.25) is 0 Å². The second-order valence-electron chi connectivity index (χ2n) is 6.34. The van der Waals surface area contributed by atoms with E-state index in [4.69, 9.17) is 14.2 Å². The average molecular weight is 362 g/mol. The van der Waals surface area contributed by atoms with Gasteiger partial charge in [-0.05, 0) is 36.9 Å². The van der Waals surface area contributed by atoms with Gasteiger partial charge in [0.1, 0.15) is 0 Å². The summed E-state index contributed by atoms with van der Waals surface area (Å²) >= 11 is 1.86. The summed E-state index contributed by atoms with van der Waals surface area (Å²) in [6.45, 7) is 1.96. The van der Waals surface area contributed by atoms with Crippen molar-refractivity contribution >= 4 is 11.3 Å². The molecular weight excluding hydrogens is 334 g/mol. The maximum Gasteiger partial charge on any atom is 0.203 e. The van der Waals surface area contributed by atoms with E-state index in [1.165, 1.54) is 30.6 Å². The van der Waals surface area contributed by atoms with Gasteiger partial charge in [0.2, 0.25) is 5.75 Å². The Labute approximate surface area is 154 Å². The third kappa shape index (κ3) is 3.93. The van der Waals surface area contributed by atoms with Crippen molar-refractivity contribution in [3.8, 4) is 17.2 Å². The van der Waals surface area contributed by atoms with E-state index in [0.717, 1.165) is 24.4 Å². The van der Waals surface area contributed by atoms with Crippen LogP contribution in [0.5, 0.6) is 17.2 Å². The molecule has 1 aromatic heterocycles. The Hall–Kier alpha value is -1.72. The van der Waals surface area contributed by atoms with Crippen molar-refractivity contribution in [2.24, 2.45) is 0 Å². The maximum absolute atomic E-state index is 5.68. The van der Waals surface area contributed by atoms with Gasteiger partial charge in [0, 0.05) is 23.0 Å². The zero-order chi connectivity index (χ0) is 17.6. The van der Waals surface area contributed by atoms with E-state index in [9.17, 15) is 0 Å². The van der Waals surface area contributed by atoms with Crippen LogP contribution in [0, 0.1) is 0 Å². The minimum absolute atomic E-state index is 0.486. The van der Waals surface area contributed by atoms with E-state index < -0.39 is 0 Å². The summed E-state index contributed by atoms with van der Waals surface area (Å²) < 4.78 is 16.6. The van der Waals surface area contributed by atoms with Gasteiger partial charge in [-0.25, -0.2) is 0 Å². The van der Waals surface area contributed by atoms with Crippen molar-refractivity contribution in [1.29, 1.82) is 0 Å². The zero-order valence-electron chi connectivity index (χ0n) is 15.3. The molecule has 1 aliphatic heterocycles. The summed E-state index contributed by atoms with van der Waals surface area (Å²) in [6.07, 6.45) is 5.07. The number of nitrogens with zero attached hydrogens (tertiary/aromatic N) is 1. The summed E-state index contributed by atoms with van der Waals surface area (Å²) in [7, 11) is 5.00. The molecular formula is C20H27NO3S. The second kappa shape index (κ2) is 8.59. The normalized spacial score (nSPS) is 18.6. The summed E-state index contributed by atoms with van der Waals surface area (Å²) in [4.78, 5) is 4.05. The lowest BCUT2D eigenvalue weighted by atomic mass is 10.1. The highest BCUT2D eigenvalue weighted by molar-refractivity contribution is 7.10. The Morgan fingerprint density at radius 1 is 1.00 bits per heavy atom. The highest BCUT2D eigenvalue weighted by Gasteiger charge is 2.25. The van der Waals surface area contributed by atoms with Crippen LogP contribution in [-0.2, 0) is 6.54 Å². The molecule has 4 nitrogen and oxygen atoms in total. The lowest BCUT2D eigenvalue weighted by Gasteiger charge is -2.30. The van der Waals surface area contributed by atoms with Gasteiger partial charge in [-0.3, -0.25) is 4.90 Å². The predicted molar refractivity (Wildman–Crippen MR) is 102 cm³/mol. The summed E-state index contributed by atoms with van der Waals surface area (Å²) in [5.74, 6) is 2.15. The molecule has 1 fully saturated rings. The lowest BCUT2D eigenvalue weighted by Crippen LogP contribution is -2.27.